The van der Waals surface area contributed by atoms with Gasteiger partial charge in [-0.05, 0) is 0 Å². The maximum atomic E-state index is 11.8. The molecule has 0 bridgehead atoms. The van der Waals surface area contributed by atoms with Gasteiger partial charge in [-0.2, -0.15) is 0 Å². The molecule has 0 aliphatic rings. The second-order valence-corrected chi connectivity index (χ2v) is 22.6. The van der Waals surface area contributed by atoms with Crippen molar-refractivity contribution in [3.8, 4) is 5.75 Å². The van der Waals surface area contributed by atoms with Crippen LogP contribution in [0.3, 0.4) is 0 Å². The molecule has 0 atom stereocenters. The number of ether oxygens (including phenoxy) is 1. The van der Waals surface area contributed by atoms with Gasteiger partial charge < -0.3 is 0 Å². The Balaban J connectivity index is 2.46. The summed E-state index contributed by atoms with van der Waals surface area (Å²) in [5.74, 6) is 0.507. The Morgan fingerprint density at radius 2 is 1.61 bits per heavy atom. The van der Waals surface area contributed by atoms with E-state index in [1.165, 1.54) is 0 Å². The second kappa shape index (κ2) is 7.76. The number of rotatable bonds is 7. The van der Waals surface area contributed by atoms with Gasteiger partial charge in [0.15, 0.2) is 0 Å². The fourth-order valence-electron chi connectivity index (χ4n) is 1.90. The molecule has 1 aromatic rings. The van der Waals surface area contributed by atoms with Gasteiger partial charge in [-0.15, -0.1) is 0 Å². The monoisotopic (exact) mass is 446 g/mol. The van der Waals surface area contributed by atoms with Crippen LogP contribution in [-0.4, -0.2) is 34.2 Å². The van der Waals surface area contributed by atoms with E-state index in [4.69, 9.17) is 7.42 Å². The Bertz CT molecular complexity index is 352. The first-order valence-corrected chi connectivity index (χ1v) is 16.4. The minimum atomic E-state index is -2.76. The van der Waals surface area contributed by atoms with Crippen molar-refractivity contribution in [2.45, 2.75) is 32.7 Å². The molecule has 0 aliphatic carbocycles. The van der Waals surface area contributed by atoms with Crippen molar-refractivity contribution >= 4 is 27.6 Å². The molecule has 0 unspecified atom stereocenters. The predicted octanol–water partition coefficient (Wildman–Crippen LogP) is 3.61. The summed E-state index contributed by atoms with van der Waals surface area (Å²) in [4.78, 5) is 11.8. The normalized spacial score (nSPS) is 11.1. The third kappa shape index (κ3) is 4.59. The molecule has 0 heterocycles. The number of carbonyl (C=O) groups excluding carboxylic acids is 1. The summed E-state index contributed by atoms with van der Waals surface area (Å²) in [5, 5.41) is 0. The van der Waals surface area contributed by atoms with Crippen molar-refractivity contribution in [2.75, 3.05) is 6.61 Å². The van der Waals surface area contributed by atoms with Crippen LogP contribution in [0.2, 0.25) is 11.9 Å². The van der Waals surface area contributed by atoms with Gasteiger partial charge in [-0.25, -0.2) is 0 Å². The molecule has 1 rings (SSSR count). The van der Waals surface area contributed by atoms with Gasteiger partial charge >= 0.3 is 115 Å². The molecule has 0 fully saturated rings. The van der Waals surface area contributed by atoms with Crippen LogP contribution >= 0.6 is 0 Å². The molecule has 4 heteroatoms. The van der Waals surface area contributed by atoms with E-state index in [9.17, 15) is 4.79 Å². The fraction of sp³-hybridized carbons (Fsp3) is 0.500. The fourth-order valence-corrected chi connectivity index (χ4v) is 11.5. The summed E-state index contributed by atoms with van der Waals surface area (Å²) in [7, 11) is 0. The zero-order chi connectivity index (χ0) is 13.4. The second-order valence-electron chi connectivity index (χ2n) is 4.32. The molecular weight excluding hydrogens is 423 g/mol. The predicted molar refractivity (Wildman–Crippen MR) is 75.2 cm³/mol. The van der Waals surface area contributed by atoms with Crippen LogP contribution in [0.25, 0.3) is 0 Å². The van der Waals surface area contributed by atoms with Crippen molar-refractivity contribution in [1.82, 2.24) is 0 Å². The SMILES string of the molecule is C[CH2][Pb]([CH2]C)([CH2]C)[O]C(=O)COc1ccccc1. The summed E-state index contributed by atoms with van der Waals surface area (Å²) < 4.78 is 14.3. The molecule has 0 radical (unpaired) electrons. The van der Waals surface area contributed by atoms with Crippen LogP contribution in [0, 0.1) is 0 Å². The summed E-state index contributed by atoms with van der Waals surface area (Å²) >= 11 is -2.76. The van der Waals surface area contributed by atoms with Crippen LogP contribution in [0.5, 0.6) is 5.75 Å². The summed E-state index contributed by atoms with van der Waals surface area (Å²) in [5.41, 5.74) is 0. The van der Waals surface area contributed by atoms with Gasteiger partial charge in [0.1, 0.15) is 0 Å². The summed E-state index contributed by atoms with van der Waals surface area (Å²) in [6.45, 7) is 6.44. The zero-order valence-electron chi connectivity index (χ0n) is 11.4. The number of benzene rings is 1. The van der Waals surface area contributed by atoms with E-state index >= 15 is 0 Å². The van der Waals surface area contributed by atoms with Crippen molar-refractivity contribution in [3.63, 3.8) is 0 Å². The van der Waals surface area contributed by atoms with Gasteiger partial charge in [0.2, 0.25) is 0 Å². The van der Waals surface area contributed by atoms with E-state index in [-0.39, 0.29) is 12.6 Å². The van der Waals surface area contributed by atoms with Gasteiger partial charge in [-0.1, -0.05) is 0 Å². The van der Waals surface area contributed by atoms with Crippen molar-refractivity contribution < 1.29 is 12.2 Å². The third-order valence-corrected chi connectivity index (χ3v) is 21.0. The molecule has 18 heavy (non-hydrogen) atoms. The average molecular weight is 446 g/mol. The van der Waals surface area contributed by atoms with E-state index in [0.717, 1.165) is 11.9 Å². The molecule has 3 nitrogen and oxygen atoms in total. The molecule has 0 N–H and O–H groups in total. The van der Waals surface area contributed by atoms with Crippen LogP contribution in [0.1, 0.15) is 20.8 Å². The van der Waals surface area contributed by atoms with Crippen molar-refractivity contribution in [1.29, 1.82) is 0 Å². The number of hydrogen-bond acceptors (Lipinski definition) is 3. The molecule has 100 valence electrons. The van der Waals surface area contributed by atoms with Crippen LogP contribution < -0.4 is 4.74 Å². The zero-order valence-corrected chi connectivity index (χ0v) is 15.3. The maximum absolute atomic E-state index is 11.8. The summed E-state index contributed by atoms with van der Waals surface area (Å²) in [6.07, 6.45) is 0. The molecule has 0 saturated carbocycles. The van der Waals surface area contributed by atoms with E-state index in [1.807, 2.05) is 30.3 Å². The quantitative estimate of drug-likeness (QED) is 0.602. The number of hydrogen-bond donors (Lipinski definition) is 0. The Hall–Kier alpha value is -0.588. The topological polar surface area (TPSA) is 35.5 Å². The van der Waals surface area contributed by atoms with Crippen molar-refractivity contribution in [3.05, 3.63) is 30.3 Å². The minimum absolute atomic E-state index is 0.0196. The standard InChI is InChI=1S/C8H8O3.3C2H5.Pb/c9-8(10)6-11-7-4-2-1-3-5-7;3*1-2;/h1-5H,6H2,(H,9,10);3*1H2,2H3;/q;;;;+1/p-1. The Morgan fingerprint density at radius 3 is 2.11 bits per heavy atom. The molecule has 0 amide bonds. The van der Waals surface area contributed by atoms with Gasteiger partial charge in [-0.3, -0.25) is 0 Å². The van der Waals surface area contributed by atoms with E-state index < -0.39 is 21.6 Å². The van der Waals surface area contributed by atoms with E-state index in [1.54, 1.807) is 0 Å². The Morgan fingerprint density at radius 1 is 1.06 bits per heavy atom. The van der Waals surface area contributed by atoms with E-state index in [2.05, 4.69) is 20.8 Å². The number of para-hydroxylation sites is 1. The third-order valence-electron chi connectivity index (χ3n) is 3.36. The van der Waals surface area contributed by atoms with Gasteiger partial charge in [0.25, 0.3) is 0 Å². The molecular formula is C14H22O3Pb. The Labute approximate surface area is 115 Å². The van der Waals surface area contributed by atoms with Crippen LogP contribution in [0.4, 0.5) is 0 Å². The molecule has 0 saturated heterocycles. The van der Waals surface area contributed by atoms with E-state index in [0.29, 0.717) is 5.75 Å². The number of carbonyl (C=O) groups is 1. The first-order valence-electron chi connectivity index (χ1n) is 6.55. The van der Waals surface area contributed by atoms with Crippen LogP contribution in [0.15, 0.2) is 30.3 Å². The Kier molecular flexibility index (Phi) is 6.67. The first kappa shape index (κ1) is 15.5. The average Bonchev–Trinajstić information content (AvgIpc) is 2.44. The molecule has 0 aliphatic heterocycles. The summed E-state index contributed by atoms with van der Waals surface area (Å²) in [6, 6.07) is 9.36. The van der Waals surface area contributed by atoms with Gasteiger partial charge in [0.05, 0.1) is 0 Å². The van der Waals surface area contributed by atoms with Crippen molar-refractivity contribution in [2.24, 2.45) is 0 Å². The molecule has 0 aromatic heterocycles. The molecule has 1 aromatic carbocycles. The van der Waals surface area contributed by atoms with Gasteiger partial charge in [0, 0.05) is 0 Å². The van der Waals surface area contributed by atoms with Crippen LogP contribution in [-0.2, 0) is 7.48 Å². The first-order chi connectivity index (χ1) is 8.65. The molecule has 0 spiro atoms.